The van der Waals surface area contributed by atoms with E-state index in [0.717, 1.165) is 4.90 Å². The van der Waals surface area contributed by atoms with E-state index < -0.39 is 0 Å². The molecule has 1 aliphatic heterocycles. The summed E-state index contributed by atoms with van der Waals surface area (Å²) in [4.78, 5) is 28.2. The number of imide groups is 1. The summed E-state index contributed by atoms with van der Waals surface area (Å²) in [6, 6.07) is 3.46. The molecule has 0 spiro atoms. The fourth-order valence-electron chi connectivity index (χ4n) is 1.56. The topological polar surface area (TPSA) is 97.6 Å². The Kier molecular flexibility index (Phi) is 3.31. The van der Waals surface area contributed by atoms with Crippen LogP contribution in [0.3, 0.4) is 0 Å². The number of aromatic nitrogens is 1. The Morgan fingerprint density at radius 1 is 1.41 bits per heavy atom. The van der Waals surface area contributed by atoms with Crippen molar-refractivity contribution >= 4 is 17.6 Å². The molecule has 0 aliphatic carbocycles. The lowest BCUT2D eigenvalue weighted by Crippen LogP contribution is -2.45. The van der Waals surface area contributed by atoms with Crippen LogP contribution >= 0.6 is 0 Å². The van der Waals surface area contributed by atoms with Crippen molar-refractivity contribution in [1.29, 1.82) is 0 Å². The lowest BCUT2D eigenvalue weighted by Gasteiger charge is -2.25. The van der Waals surface area contributed by atoms with Crippen molar-refractivity contribution < 1.29 is 14.3 Å². The van der Waals surface area contributed by atoms with Crippen LogP contribution in [-0.2, 0) is 20.9 Å². The van der Waals surface area contributed by atoms with Gasteiger partial charge in [0.25, 0.3) is 11.8 Å². The van der Waals surface area contributed by atoms with Crippen LogP contribution in [0, 0.1) is 0 Å². The lowest BCUT2D eigenvalue weighted by atomic mass is 10.2. The zero-order valence-electron chi connectivity index (χ0n) is 9.05. The number of nitrogens with two attached hydrogens (primary N) is 1. The van der Waals surface area contributed by atoms with Crippen LogP contribution in [0.4, 0.5) is 5.82 Å². The predicted octanol–water partition coefficient (Wildman–Crippen LogP) is -0.747. The summed E-state index contributed by atoms with van der Waals surface area (Å²) in [6.07, 6.45) is 1.57. The molecule has 2 rings (SSSR count). The number of nitrogens with one attached hydrogen (secondary N) is 1. The van der Waals surface area contributed by atoms with Gasteiger partial charge in [-0.05, 0) is 6.07 Å². The number of hydrazine groups is 1. The van der Waals surface area contributed by atoms with Crippen LogP contribution in [0.1, 0.15) is 5.56 Å². The van der Waals surface area contributed by atoms with E-state index in [1.807, 2.05) is 0 Å². The first-order valence-electron chi connectivity index (χ1n) is 5.04. The van der Waals surface area contributed by atoms with Crippen molar-refractivity contribution in [2.24, 2.45) is 5.84 Å². The second-order valence-electron chi connectivity index (χ2n) is 3.52. The largest absolute Gasteiger partial charge is 0.362 e. The minimum Gasteiger partial charge on any atom is -0.362 e. The number of nitrogens with zero attached hydrogens (tertiary/aromatic N) is 2. The van der Waals surface area contributed by atoms with Gasteiger partial charge in [0, 0.05) is 11.8 Å². The van der Waals surface area contributed by atoms with Crippen LogP contribution in [0.25, 0.3) is 0 Å². The second kappa shape index (κ2) is 4.89. The Labute approximate surface area is 97.5 Å². The summed E-state index contributed by atoms with van der Waals surface area (Å²) in [5.41, 5.74) is 3.10. The third-order valence-electron chi connectivity index (χ3n) is 2.41. The summed E-state index contributed by atoms with van der Waals surface area (Å²) < 4.78 is 4.82. The molecule has 7 nitrogen and oxygen atoms in total. The number of morpholine rings is 1. The minimum absolute atomic E-state index is 0.0720. The van der Waals surface area contributed by atoms with Crippen molar-refractivity contribution in [2.75, 3.05) is 18.6 Å². The Bertz CT molecular complexity index is 433. The number of ether oxygens (including phenoxy) is 1. The number of nitrogen functional groups attached to an aromatic ring is 1. The Morgan fingerprint density at radius 3 is 2.76 bits per heavy atom. The molecule has 1 saturated heterocycles. The van der Waals surface area contributed by atoms with Gasteiger partial charge in [0.1, 0.15) is 19.0 Å². The van der Waals surface area contributed by atoms with Crippen LogP contribution in [0.5, 0.6) is 0 Å². The molecule has 1 aromatic heterocycles. The van der Waals surface area contributed by atoms with Crippen molar-refractivity contribution in [3.63, 3.8) is 0 Å². The number of pyridine rings is 1. The smallest absolute Gasteiger partial charge is 0.255 e. The lowest BCUT2D eigenvalue weighted by molar-refractivity contribution is -0.159. The van der Waals surface area contributed by atoms with Gasteiger partial charge in [-0.2, -0.15) is 0 Å². The highest BCUT2D eigenvalue weighted by atomic mass is 16.5. The molecule has 1 aliphatic rings. The Balaban J connectivity index is 2.19. The van der Waals surface area contributed by atoms with Gasteiger partial charge >= 0.3 is 0 Å². The zero-order chi connectivity index (χ0) is 12.3. The Hall–Kier alpha value is -1.99. The van der Waals surface area contributed by atoms with Gasteiger partial charge in [0.15, 0.2) is 0 Å². The summed E-state index contributed by atoms with van der Waals surface area (Å²) in [5, 5.41) is 0. The van der Waals surface area contributed by atoms with Crippen molar-refractivity contribution in [3.05, 3.63) is 23.9 Å². The second-order valence-corrected chi connectivity index (χ2v) is 3.52. The van der Waals surface area contributed by atoms with Gasteiger partial charge in [-0.3, -0.25) is 14.5 Å². The fourth-order valence-corrected chi connectivity index (χ4v) is 1.56. The fraction of sp³-hybridized carbons (Fsp3) is 0.300. The molecule has 0 unspecified atom stereocenters. The van der Waals surface area contributed by atoms with E-state index in [1.54, 1.807) is 18.3 Å². The monoisotopic (exact) mass is 236 g/mol. The minimum atomic E-state index is -0.354. The summed E-state index contributed by atoms with van der Waals surface area (Å²) in [7, 11) is 0. The molecular formula is C10H12N4O3. The van der Waals surface area contributed by atoms with E-state index in [9.17, 15) is 9.59 Å². The number of hydrogen-bond acceptors (Lipinski definition) is 6. The summed E-state index contributed by atoms with van der Waals surface area (Å²) in [6.45, 7) is 0.00315. The molecule has 0 saturated carbocycles. The third-order valence-corrected chi connectivity index (χ3v) is 2.41. The van der Waals surface area contributed by atoms with Gasteiger partial charge in [-0.15, -0.1) is 0 Å². The number of amides is 2. The van der Waals surface area contributed by atoms with E-state index in [0.29, 0.717) is 11.4 Å². The van der Waals surface area contributed by atoms with Gasteiger partial charge in [0.05, 0.1) is 6.54 Å². The first kappa shape index (κ1) is 11.5. The van der Waals surface area contributed by atoms with Gasteiger partial charge in [-0.25, -0.2) is 10.8 Å². The maximum absolute atomic E-state index is 11.5. The molecule has 1 fully saturated rings. The maximum Gasteiger partial charge on any atom is 0.255 e. The Morgan fingerprint density at radius 2 is 2.12 bits per heavy atom. The quantitative estimate of drug-likeness (QED) is 0.407. The van der Waals surface area contributed by atoms with Gasteiger partial charge < -0.3 is 10.2 Å². The van der Waals surface area contributed by atoms with E-state index >= 15 is 0 Å². The van der Waals surface area contributed by atoms with Crippen LogP contribution in [-0.4, -0.2) is 34.9 Å². The summed E-state index contributed by atoms with van der Waals surface area (Å²) >= 11 is 0. The number of rotatable bonds is 3. The molecule has 2 amide bonds. The van der Waals surface area contributed by atoms with Crippen LogP contribution in [0.15, 0.2) is 18.3 Å². The molecule has 1 aromatic rings. The molecule has 0 atom stereocenters. The first-order valence-corrected chi connectivity index (χ1v) is 5.04. The maximum atomic E-state index is 11.5. The molecule has 3 N–H and O–H groups in total. The molecule has 17 heavy (non-hydrogen) atoms. The average molecular weight is 236 g/mol. The standard InChI is InChI=1S/C10H12N4O3/c11-13-10-7(2-1-3-12-10)4-14-8(15)5-17-6-9(14)16/h1-3H,4-6,11H2,(H,12,13). The zero-order valence-corrected chi connectivity index (χ0v) is 9.05. The predicted molar refractivity (Wildman–Crippen MR) is 58.4 cm³/mol. The molecule has 7 heteroatoms. The average Bonchev–Trinajstić information content (AvgIpc) is 2.34. The third kappa shape index (κ3) is 2.40. The number of carbonyl (C=O) groups excluding carboxylic acids is 2. The van der Waals surface area contributed by atoms with Crippen LogP contribution < -0.4 is 11.3 Å². The van der Waals surface area contributed by atoms with Gasteiger partial charge in [-0.1, -0.05) is 6.07 Å². The van der Waals surface area contributed by atoms with Crippen molar-refractivity contribution in [1.82, 2.24) is 9.88 Å². The first-order chi connectivity index (χ1) is 8.22. The van der Waals surface area contributed by atoms with Gasteiger partial charge in [0.2, 0.25) is 0 Å². The molecule has 0 bridgehead atoms. The molecular weight excluding hydrogens is 224 g/mol. The van der Waals surface area contributed by atoms with E-state index in [2.05, 4.69) is 10.4 Å². The highest BCUT2D eigenvalue weighted by Crippen LogP contribution is 2.14. The SMILES string of the molecule is NNc1ncccc1CN1C(=O)COCC1=O. The van der Waals surface area contributed by atoms with E-state index in [4.69, 9.17) is 10.6 Å². The molecule has 0 aromatic carbocycles. The molecule has 2 heterocycles. The van der Waals surface area contributed by atoms with Crippen molar-refractivity contribution in [3.8, 4) is 0 Å². The van der Waals surface area contributed by atoms with Crippen LogP contribution in [0.2, 0.25) is 0 Å². The molecule has 0 radical (unpaired) electrons. The van der Waals surface area contributed by atoms with E-state index in [-0.39, 0.29) is 31.6 Å². The highest BCUT2D eigenvalue weighted by Gasteiger charge is 2.27. The number of anilines is 1. The van der Waals surface area contributed by atoms with Crippen molar-refractivity contribution in [2.45, 2.75) is 6.54 Å². The van der Waals surface area contributed by atoms with E-state index in [1.165, 1.54) is 0 Å². The molecule has 90 valence electrons. The highest BCUT2D eigenvalue weighted by molar-refractivity contribution is 5.98. The number of hydrogen-bond donors (Lipinski definition) is 2. The summed E-state index contributed by atoms with van der Waals surface area (Å²) in [5.74, 6) is 5.04. The number of carbonyl (C=O) groups is 2. The normalized spacial score (nSPS) is 16.2.